The van der Waals surface area contributed by atoms with Crippen LogP contribution in [0, 0.1) is 12.8 Å². The Kier molecular flexibility index (Phi) is 7.24. The van der Waals surface area contributed by atoms with Crippen molar-refractivity contribution in [2.75, 3.05) is 20.1 Å². The number of thiazole rings is 1. The molecule has 27 heavy (non-hydrogen) atoms. The van der Waals surface area contributed by atoms with Gasteiger partial charge in [0.2, 0.25) is 0 Å². The molecule has 1 aliphatic rings. The molecule has 0 amide bonds. The van der Waals surface area contributed by atoms with Crippen molar-refractivity contribution in [2.24, 2.45) is 10.9 Å². The van der Waals surface area contributed by atoms with Crippen molar-refractivity contribution >= 4 is 17.3 Å². The second kappa shape index (κ2) is 9.85. The molecule has 0 unspecified atom stereocenters. The van der Waals surface area contributed by atoms with Crippen LogP contribution in [0.2, 0.25) is 0 Å². The molecular formula is C21H31N5S. The van der Waals surface area contributed by atoms with Crippen LogP contribution in [0.25, 0.3) is 0 Å². The van der Waals surface area contributed by atoms with E-state index >= 15 is 0 Å². The number of piperidine rings is 1. The summed E-state index contributed by atoms with van der Waals surface area (Å²) in [7, 11) is 1.80. The van der Waals surface area contributed by atoms with Crippen molar-refractivity contribution in [3.05, 3.63) is 51.5 Å². The molecule has 1 fully saturated rings. The second-order valence-electron chi connectivity index (χ2n) is 7.42. The van der Waals surface area contributed by atoms with Gasteiger partial charge in [-0.15, -0.1) is 11.3 Å². The highest BCUT2D eigenvalue weighted by Crippen LogP contribution is 2.18. The van der Waals surface area contributed by atoms with Gasteiger partial charge >= 0.3 is 0 Å². The fourth-order valence-electron chi connectivity index (χ4n) is 3.37. The lowest BCUT2D eigenvalue weighted by atomic mass is 9.98. The molecule has 1 aromatic heterocycles. The molecule has 0 spiro atoms. The molecule has 1 saturated heterocycles. The average Bonchev–Trinajstić information content (AvgIpc) is 3.09. The second-order valence-corrected chi connectivity index (χ2v) is 8.74. The summed E-state index contributed by atoms with van der Waals surface area (Å²) in [5, 5.41) is 7.81. The van der Waals surface area contributed by atoms with Gasteiger partial charge in [0.15, 0.2) is 5.96 Å². The zero-order chi connectivity index (χ0) is 19.1. The Morgan fingerprint density at radius 2 is 1.96 bits per heavy atom. The first-order valence-corrected chi connectivity index (χ1v) is 10.6. The van der Waals surface area contributed by atoms with Crippen LogP contribution in [-0.2, 0) is 19.6 Å². The van der Waals surface area contributed by atoms with Gasteiger partial charge in [-0.2, -0.15) is 0 Å². The molecule has 5 nitrogen and oxygen atoms in total. The number of rotatable bonds is 6. The highest BCUT2D eigenvalue weighted by atomic mass is 32.1. The maximum Gasteiger partial charge on any atom is 0.191 e. The fourth-order valence-corrected chi connectivity index (χ4v) is 4.09. The van der Waals surface area contributed by atoms with Crippen LogP contribution in [-0.4, -0.2) is 36.0 Å². The standard InChI is InChI=1S/C21H31N5S/c1-16-7-9-26(10-8-16)15-19-6-4-5-18(11-19)13-24-21(22-3)25-14-20-23-12-17(2)27-20/h4-6,11-12,16H,7-10,13-15H2,1-3H3,(H2,22,24,25). The summed E-state index contributed by atoms with van der Waals surface area (Å²) in [6.45, 7) is 9.39. The number of guanidine groups is 1. The van der Waals surface area contributed by atoms with E-state index in [1.165, 1.54) is 41.9 Å². The van der Waals surface area contributed by atoms with Crippen molar-refractivity contribution in [1.29, 1.82) is 0 Å². The van der Waals surface area contributed by atoms with Crippen LogP contribution in [0.5, 0.6) is 0 Å². The number of hydrogen-bond acceptors (Lipinski definition) is 4. The molecule has 0 atom stereocenters. The topological polar surface area (TPSA) is 52.6 Å². The van der Waals surface area contributed by atoms with Gasteiger partial charge in [0, 0.05) is 31.2 Å². The van der Waals surface area contributed by atoms with Crippen molar-refractivity contribution in [1.82, 2.24) is 20.5 Å². The Bertz CT molecular complexity index is 747. The number of nitrogens with one attached hydrogen (secondary N) is 2. The Hall–Kier alpha value is -1.92. The molecule has 0 radical (unpaired) electrons. The molecule has 0 saturated carbocycles. The summed E-state index contributed by atoms with van der Waals surface area (Å²) < 4.78 is 0. The summed E-state index contributed by atoms with van der Waals surface area (Å²) in [5.74, 6) is 1.68. The number of benzene rings is 1. The summed E-state index contributed by atoms with van der Waals surface area (Å²) in [6.07, 6.45) is 4.55. The number of hydrogen-bond donors (Lipinski definition) is 2. The Balaban J connectivity index is 1.48. The Labute approximate surface area is 166 Å². The van der Waals surface area contributed by atoms with Gasteiger partial charge in [-0.25, -0.2) is 4.98 Å². The third kappa shape index (κ3) is 6.33. The zero-order valence-corrected chi connectivity index (χ0v) is 17.5. The van der Waals surface area contributed by atoms with Crippen molar-refractivity contribution < 1.29 is 0 Å². The third-order valence-electron chi connectivity index (χ3n) is 5.03. The third-order valence-corrected chi connectivity index (χ3v) is 5.95. The molecule has 2 aromatic rings. The first-order chi connectivity index (χ1) is 13.1. The molecule has 0 aliphatic carbocycles. The normalized spacial score (nSPS) is 16.5. The van der Waals surface area contributed by atoms with Crippen molar-refractivity contribution in [3.8, 4) is 0 Å². The minimum atomic E-state index is 0.700. The largest absolute Gasteiger partial charge is 0.352 e. The van der Waals surface area contributed by atoms with E-state index in [0.717, 1.165) is 30.0 Å². The van der Waals surface area contributed by atoms with Crippen LogP contribution in [0.3, 0.4) is 0 Å². The first-order valence-electron chi connectivity index (χ1n) is 9.78. The van der Waals surface area contributed by atoms with Crippen LogP contribution < -0.4 is 10.6 Å². The summed E-state index contributed by atoms with van der Waals surface area (Å²) in [6, 6.07) is 8.88. The molecule has 146 valence electrons. The van der Waals surface area contributed by atoms with Gasteiger partial charge in [-0.3, -0.25) is 9.89 Å². The first kappa shape index (κ1) is 19.8. The van der Waals surface area contributed by atoms with Gasteiger partial charge in [-0.05, 0) is 49.9 Å². The smallest absolute Gasteiger partial charge is 0.191 e. The molecule has 3 rings (SSSR count). The Morgan fingerprint density at radius 1 is 1.22 bits per heavy atom. The monoisotopic (exact) mass is 385 g/mol. The van der Waals surface area contributed by atoms with E-state index in [-0.39, 0.29) is 0 Å². The number of likely N-dealkylation sites (tertiary alicyclic amines) is 1. The maximum absolute atomic E-state index is 4.38. The van der Waals surface area contributed by atoms with E-state index < -0.39 is 0 Å². The molecule has 0 bridgehead atoms. The van der Waals surface area contributed by atoms with E-state index in [1.54, 1.807) is 18.4 Å². The SMILES string of the molecule is CN=C(NCc1cccc(CN2CCC(C)CC2)c1)NCc1ncc(C)s1. The molecule has 2 heterocycles. The molecule has 6 heteroatoms. The summed E-state index contributed by atoms with van der Waals surface area (Å²) in [4.78, 5) is 12.5. The predicted molar refractivity (Wildman–Crippen MR) is 114 cm³/mol. The summed E-state index contributed by atoms with van der Waals surface area (Å²) in [5.41, 5.74) is 2.68. The quantitative estimate of drug-likeness (QED) is 0.590. The lowest BCUT2D eigenvalue weighted by molar-refractivity contribution is 0.185. The van der Waals surface area contributed by atoms with Gasteiger partial charge in [0.25, 0.3) is 0 Å². The number of nitrogens with zero attached hydrogens (tertiary/aromatic N) is 3. The van der Waals surface area contributed by atoms with Gasteiger partial charge in [0.1, 0.15) is 5.01 Å². The lowest BCUT2D eigenvalue weighted by Gasteiger charge is -2.30. The fraction of sp³-hybridized carbons (Fsp3) is 0.524. The lowest BCUT2D eigenvalue weighted by Crippen LogP contribution is -2.36. The number of aliphatic imine (C=N–C) groups is 1. The van der Waals surface area contributed by atoms with Crippen molar-refractivity contribution in [2.45, 2.75) is 46.3 Å². The zero-order valence-electron chi connectivity index (χ0n) is 16.7. The molecule has 1 aliphatic heterocycles. The molecule has 1 aromatic carbocycles. The minimum absolute atomic E-state index is 0.700. The number of aromatic nitrogens is 1. The maximum atomic E-state index is 4.38. The molecular weight excluding hydrogens is 354 g/mol. The van der Waals surface area contributed by atoms with E-state index in [4.69, 9.17) is 0 Å². The predicted octanol–water partition coefficient (Wildman–Crippen LogP) is 3.55. The highest BCUT2D eigenvalue weighted by Gasteiger charge is 2.15. The van der Waals surface area contributed by atoms with Gasteiger partial charge in [-0.1, -0.05) is 31.2 Å². The van der Waals surface area contributed by atoms with Crippen LogP contribution in [0.4, 0.5) is 0 Å². The van der Waals surface area contributed by atoms with Gasteiger partial charge in [0.05, 0.1) is 6.54 Å². The van der Waals surface area contributed by atoms with E-state index in [9.17, 15) is 0 Å². The summed E-state index contributed by atoms with van der Waals surface area (Å²) >= 11 is 1.71. The van der Waals surface area contributed by atoms with E-state index in [1.807, 2.05) is 6.20 Å². The van der Waals surface area contributed by atoms with Gasteiger partial charge < -0.3 is 10.6 Å². The Morgan fingerprint density at radius 3 is 2.67 bits per heavy atom. The minimum Gasteiger partial charge on any atom is -0.352 e. The van der Waals surface area contributed by atoms with Crippen molar-refractivity contribution in [3.63, 3.8) is 0 Å². The van der Waals surface area contributed by atoms with Crippen LogP contribution >= 0.6 is 11.3 Å². The number of aryl methyl sites for hydroxylation is 1. The van der Waals surface area contributed by atoms with E-state index in [0.29, 0.717) is 6.54 Å². The molecule has 2 N–H and O–H groups in total. The van der Waals surface area contributed by atoms with E-state index in [2.05, 4.69) is 63.6 Å². The van der Waals surface area contributed by atoms with Crippen LogP contribution in [0.1, 0.15) is 40.8 Å². The highest BCUT2D eigenvalue weighted by molar-refractivity contribution is 7.11. The van der Waals surface area contributed by atoms with Crippen LogP contribution in [0.15, 0.2) is 35.5 Å². The average molecular weight is 386 g/mol.